The maximum Gasteiger partial charge on any atom is -1.00 e. The second-order valence-corrected chi connectivity index (χ2v) is 3.82. The number of halogens is 4. The molecule has 0 aromatic carbocycles. The molecule has 0 aliphatic rings. The van der Waals surface area contributed by atoms with Crippen LogP contribution < -0.4 is 49.6 Å². The SMILES string of the molecule is CC(C)[CH2][Al+2].CCC[CH2][Al+2].[Cl-].[Cl-].[Cl-].[Cl-]. The first-order chi connectivity index (χ1) is 4.68. The zero-order chi connectivity index (χ0) is 8.41. The first-order valence-corrected chi connectivity index (χ1v) is 5.72. The molecular formula is C8H18Al2Cl4. The van der Waals surface area contributed by atoms with Crippen molar-refractivity contribution in [3.05, 3.63) is 0 Å². The Kier molecular flexibility index (Phi) is 93.0. The van der Waals surface area contributed by atoms with E-state index in [1.165, 1.54) is 23.4 Å². The topological polar surface area (TPSA) is 0 Å². The van der Waals surface area contributed by atoms with E-state index in [0.717, 1.165) is 5.92 Å². The van der Waals surface area contributed by atoms with Gasteiger partial charge in [-0.05, 0) is 0 Å². The van der Waals surface area contributed by atoms with Gasteiger partial charge >= 0.3 is 82.7 Å². The molecule has 0 spiro atoms. The summed E-state index contributed by atoms with van der Waals surface area (Å²) < 4.78 is 0. The summed E-state index contributed by atoms with van der Waals surface area (Å²) in [6.45, 7) is 6.60. The zero-order valence-corrected chi connectivity index (χ0v) is 14.4. The van der Waals surface area contributed by atoms with Gasteiger partial charge in [-0.1, -0.05) is 0 Å². The van der Waals surface area contributed by atoms with Gasteiger partial charge in [0.25, 0.3) is 0 Å². The molecule has 0 aromatic heterocycles. The Balaban J connectivity index is -0.0000000178. The van der Waals surface area contributed by atoms with Gasteiger partial charge in [0.15, 0.2) is 0 Å². The minimum absolute atomic E-state index is 0. The predicted molar refractivity (Wildman–Crippen MR) is 50.9 cm³/mol. The molecule has 0 rings (SSSR count). The van der Waals surface area contributed by atoms with E-state index in [-0.39, 0.29) is 49.6 Å². The number of hydrogen-bond acceptors (Lipinski definition) is 0. The molecule has 0 saturated heterocycles. The summed E-state index contributed by atoms with van der Waals surface area (Å²) in [6, 6.07) is 0. The minimum atomic E-state index is 0. The van der Waals surface area contributed by atoms with E-state index in [4.69, 9.17) is 0 Å². The maximum atomic E-state index is 2.70. The number of unbranched alkanes of at least 4 members (excludes halogenated alkanes) is 1. The van der Waals surface area contributed by atoms with E-state index in [2.05, 4.69) is 53.4 Å². The third kappa shape index (κ3) is 64.2. The van der Waals surface area contributed by atoms with Gasteiger partial charge in [-0.25, -0.2) is 0 Å². The van der Waals surface area contributed by atoms with Crippen LogP contribution in [0.5, 0.6) is 0 Å². The average Bonchev–Trinajstić information content (AvgIpc) is 1.91. The summed E-state index contributed by atoms with van der Waals surface area (Å²) in [7, 11) is 0. The zero-order valence-electron chi connectivity index (χ0n) is 9.07. The molecule has 0 bridgehead atoms. The van der Waals surface area contributed by atoms with Gasteiger partial charge in [-0.3, -0.25) is 0 Å². The molecule has 0 N–H and O–H groups in total. The summed E-state index contributed by atoms with van der Waals surface area (Å²) in [4.78, 5) is 0. The first-order valence-electron chi connectivity index (χ1n) is 4.09. The second kappa shape index (κ2) is 36.2. The molecule has 0 aromatic rings. The van der Waals surface area contributed by atoms with Crippen molar-refractivity contribution >= 4 is 32.6 Å². The van der Waals surface area contributed by atoms with Gasteiger partial charge < -0.3 is 49.6 Å². The Hall–Kier alpha value is 2.22. The van der Waals surface area contributed by atoms with Crippen LogP contribution in [0.15, 0.2) is 0 Å². The summed E-state index contributed by atoms with van der Waals surface area (Å²) in [5, 5.41) is 2.48. The van der Waals surface area contributed by atoms with Crippen molar-refractivity contribution in [2.75, 3.05) is 0 Å². The van der Waals surface area contributed by atoms with Crippen LogP contribution in [0.1, 0.15) is 33.6 Å². The van der Waals surface area contributed by atoms with E-state index in [1.54, 1.807) is 0 Å². The summed E-state index contributed by atoms with van der Waals surface area (Å²) in [5.41, 5.74) is 0. The monoisotopic (exact) mass is 308 g/mol. The van der Waals surface area contributed by atoms with Crippen molar-refractivity contribution in [2.45, 2.75) is 44.2 Å². The van der Waals surface area contributed by atoms with Crippen molar-refractivity contribution in [2.24, 2.45) is 5.92 Å². The molecule has 84 valence electrons. The molecule has 0 atom stereocenters. The van der Waals surface area contributed by atoms with E-state index in [1.807, 2.05) is 0 Å². The van der Waals surface area contributed by atoms with Crippen LogP contribution in [0, 0.1) is 5.92 Å². The Bertz CT molecular complexity index is 54.6. The van der Waals surface area contributed by atoms with E-state index in [9.17, 15) is 0 Å². The number of rotatable bonds is 3. The predicted octanol–water partition coefficient (Wildman–Crippen LogP) is -9.38. The van der Waals surface area contributed by atoms with Crippen molar-refractivity contribution in [1.82, 2.24) is 0 Å². The van der Waals surface area contributed by atoms with Gasteiger partial charge in [0.2, 0.25) is 0 Å². The smallest absolute Gasteiger partial charge is 1.00 e. The molecule has 6 heteroatoms. The van der Waals surface area contributed by atoms with Gasteiger partial charge in [0.05, 0.1) is 0 Å². The van der Waals surface area contributed by atoms with Crippen LogP contribution in [0.4, 0.5) is 0 Å². The molecule has 0 fully saturated rings. The van der Waals surface area contributed by atoms with Crippen molar-refractivity contribution in [3.8, 4) is 0 Å². The molecule has 0 amide bonds. The van der Waals surface area contributed by atoms with E-state index < -0.39 is 0 Å². The molecule has 0 unspecified atom stereocenters. The molecule has 0 radical (unpaired) electrons. The van der Waals surface area contributed by atoms with Crippen LogP contribution in [0.25, 0.3) is 0 Å². The largest absolute Gasteiger partial charge is 1.00 e. The van der Waals surface area contributed by atoms with E-state index >= 15 is 0 Å². The molecule has 0 heterocycles. The fraction of sp³-hybridized carbons (Fsp3) is 1.00. The molecule has 0 aliphatic carbocycles. The molecular weight excluding hydrogens is 292 g/mol. The van der Waals surface area contributed by atoms with Gasteiger partial charge in [-0.15, -0.1) is 0 Å². The van der Waals surface area contributed by atoms with Crippen molar-refractivity contribution in [1.29, 1.82) is 0 Å². The van der Waals surface area contributed by atoms with Crippen LogP contribution in [0.3, 0.4) is 0 Å². The van der Waals surface area contributed by atoms with Gasteiger partial charge in [0, 0.05) is 0 Å². The van der Waals surface area contributed by atoms with Crippen LogP contribution >= 0.6 is 0 Å². The Morgan fingerprint density at radius 2 is 1.21 bits per heavy atom. The Morgan fingerprint density at radius 1 is 0.929 bits per heavy atom. The first kappa shape index (κ1) is 36.0. The Morgan fingerprint density at radius 3 is 1.21 bits per heavy atom. The van der Waals surface area contributed by atoms with E-state index in [0.29, 0.717) is 0 Å². The summed E-state index contributed by atoms with van der Waals surface area (Å²) >= 11 is 5.39. The molecule has 0 saturated carbocycles. The van der Waals surface area contributed by atoms with Crippen molar-refractivity contribution in [3.63, 3.8) is 0 Å². The fourth-order valence-corrected chi connectivity index (χ4v) is 0.612. The Labute approximate surface area is 131 Å². The third-order valence-corrected chi connectivity index (χ3v) is 2.38. The van der Waals surface area contributed by atoms with Crippen molar-refractivity contribution < 1.29 is 49.6 Å². The van der Waals surface area contributed by atoms with Gasteiger partial charge in [0.1, 0.15) is 0 Å². The summed E-state index contributed by atoms with van der Waals surface area (Å²) in [5.74, 6) is 0.847. The molecule has 0 nitrogen and oxygen atoms in total. The van der Waals surface area contributed by atoms with Gasteiger partial charge in [-0.2, -0.15) is 0 Å². The maximum absolute atomic E-state index is 2.70. The number of hydrogen-bond donors (Lipinski definition) is 0. The summed E-state index contributed by atoms with van der Waals surface area (Å²) in [6.07, 6.45) is 2.67. The van der Waals surface area contributed by atoms with Crippen LogP contribution in [-0.4, -0.2) is 32.6 Å². The fourth-order valence-electron chi connectivity index (χ4n) is 0.204. The average molecular weight is 310 g/mol. The second-order valence-electron chi connectivity index (χ2n) is 2.77. The van der Waals surface area contributed by atoms with Crippen LogP contribution in [-0.2, 0) is 0 Å². The quantitative estimate of drug-likeness (QED) is 0.454. The molecule has 14 heavy (non-hydrogen) atoms. The minimum Gasteiger partial charge on any atom is -1.00 e. The third-order valence-electron chi connectivity index (χ3n) is 1.03. The normalized spacial score (nSPS) is 6.57. The molecule has 0 aliphatic heterocycles. The van der Waals surface area contributed by atoms with Crippen LogP contribution in [0.2, 0.25) is 10.6 Å². The standard InChI is InChI=1S/2C4H9.2Al.4ClH/c1-4(2)3;1-3-4-2;;;;;;/h4H,1H2,2-3H3;1,3-4H2,2H3;;;4*1H/q;;2*+2;;;;/p-4.